The summed E-state index contributed by atoms with van der Waals surface area (Å²) >= 11 is 5.08. The fourth-order valence-electron chi connectivity index (χ4n) is 3.00. The molecule has 3 rings (SSSR count). The molecule has 0 spiro atoms. The third-order valence-corrected chi connectivity index (χ3v) is 6.45. The van der Waals surface area contributed by atoms with E-state index in [1.165, 1.54) is 0 Å². The zero-order chi connectivity index (χ0) is 16.4. The molecule has 1 N–H and O–H groups in total. The van der Waals surface area contributed by atoms with Gasteiger partial charge in [-0.1, -0.05) is 42.4 Å². The maximum atomic E-state index is 13.0. The first kappa shape index (κ1) is 16.4. The number of benzene rings is 1. The maximum absolute atomic E-state index is 13.0. The Morgan fingerprint density at radius 1 is 1.13 bits per heavy atom. The number of aryl methyl sites for hydroxylation is 1. The molecule has 1 atom stereocenters. The number of hydrogen-bond donors (Lipinski definition) is 1. The van der Waals surface area contributed by atoms with Crippen LogP contribution in [-0.2, 0) is 10.0 Å². The van der Waals surface area contributed by atoms with Gasteiger partial charge in [0, 0.05) is 12.7 Å². The van der Waals surface area contributed by atoms with E-state index in [0.717, 1.165) is 30.4 Å². The normalized spacial score (nSPS) is 19.6. The smallest absolute Gasteiger partial charge is 0.243 e. The van der Waals surface area contributed by atoms with Crippen LogP contribution in [0.15, 0.2) is 47.5 Å². The number of pyridine rings is 1. The van der Waals surface area contributed by atoms with Gasteiger partial charge >= 0.3 is 0 Å². The van der Waals surface area contributed by atoms with Gasteiger partial charge in [-0.05, 0) is 43.5 Å². The summed E-state index contributed by atoms with van der Waals surface area (Å²) in [4.78, 5) is 3.37. The van der Waals surface area contributed by atoms with Crippen LogP contribution in [0.5, 0.6) is 0 Å². The fourth-order valence-corrected chi connectivity index (χ4v) is 4.81. The third kappa shape index (κ3) is 3.39. The molecular formula is C17H20N2O2S2. The molecule has 1 saturated heterocycles. The topological polar surface area (TPSA) is 53.2 Å². The predicted octanol–water partition coefficient (Wildman–Crippen LogP) is 3.97. The van der Waals surface area contributed by atoms with Crippen LogP contribution in [0.3, 0.4) is 0 Å². The quantitative estimate of drug-likeness (QED) is 0.854. The molecule has 1 aliphatic rings. The number of piperidine rings is 1. The largest absolute Gasteiger partial charge is 0.353 e. The van der Waals surface area contributed by atoms with E-state index in [2.05, 4.69) is 4.98 Å². The number of aromatic amines is 1. The number of H-pyrrole nitrogens is 1. The maximum Gasteiger partial charge on any atom is 0.243 e. The Labute approximate surface area is 142 Å². The molecule has 0 aliphatic carbocycles. The molecule has 2 aromatic rings. The van der Waals surface area contributed by atoms with Gasteiger partial charge in [0.2, 0.25) is 10.0 Å². The van der Waals surface area contributed by atoms with E-state index in [0.29, 0.717) is 16.1 Å². The lowest BCUT2D eigenvalue weighted by Crippen LogP contribution is -2.38. The van der Waals surface area contributed by atoms with Crippen molar-refractivity contribution in [3.63, 3.8) is 0 Å². The first-order chi connectivity index (χ1) is 11.0. The van der Waals surface area contributed by atoms with Crippen molar-refractivity contribution in [3.8, 4) is 0 Å². The molecule has 2 heterocycles. The molecule has 4 nitrogen and oxygen atoms in total. The Kier molecular flexibility index (Phi) is 4.66. The fraction of sp³-hybridized carbons (Fsp3) is 0.353. The van der Waals surface area contributed by atoms with Crippen LogP contribution < -0.4 is 0 Å². The summed E-state index contributed by atoms with van der Waals surface area (Å²) in [5.74, 6) is 0. The average molecular weight is 348 g/mol. The van der Waals surface area contributed by atoms with E-state index in [1.54, 1.807) is 16.4 Å². The minimum Gasteiger partial charge on any atom is -0.353 e. The predicted molar refractivity (Wildman–Crippen MR) is 93.3 cm³/mol. The number of nitrogens with zero attached hydrogens (tertiary/aromatic N) is 1. The third-order valence-electron chi connectivity index (χ3n) is 4.27. The first-order valence-corrected chi connectivity index (χ1v) is 9.60. The Hall–Kier alpha value is -1.50. The number of nitrogens with one attached hydrogen (secondary N) is 1. The van der Waals surface area contributed by atoms with Crippen LogP contribution >= 0.6 is 12.2 Å². The number of sulfonamides is 1. The second-order valence-electron chi connectivity index (χ2n) is 5.93. The zero-order valence-corrected chi connectivity index (χ0v) is 14.7. The highest BCUT2D eigenvalue weighted by Crippen LogP contribution is 2.35. The zero-order valence-electron chi connectivity index (χ0n) is 13.0. The second kappa shape index (κ2) is 6.55. The molecule has 6 heteroatoms. The van der Waals surface area contributed by atoms with Gasteiger partial charge in [-0.25, -0.2) is 8.42 Å². The Morgan fingerprint density at radius 3 is 2.52 bits per heavy atom. The van der Waals surface area contributed by atoms with Crippen LogP contribution in [0.25, 0.3) is 0 Å². The van der Waals surface area contributed by atoms with Gasteiger partial charge in [0.1, 0.15) is 4.64 Å². The van der Waals surface area contributed by atoms with Gasteiger partial charge in [0.25, 0.3) is 0 Å². The highest BCUT2D eigenvalue weighted by atomic mass is 32.2. The van der Waals surface area contributed by atoms with E-state index >= 15 is 0 Å². The molecule has 1 aliphatic heterocycles. The van der Waals surface area contributed by atoms with E-state index in [9.17, 15) is 8.42 Å². The van der Waals surface area contributed by atoms with E-state index < -0.39 is 10.0 Å². The molecular weight excluding hydrogens is 328 g/mol. The van der Waals surface area contributed by atoms with Gasteiger partial charge in [-0.2, -0.15) is 4.31 Å². The second-order valence-corrected chi connectivity index (χ2v) is 8.26. The monoisotopic (exact) mass is 348 g/mol. The van der Waals surface area contributed by atoms with Crippen molar-refractivity contribution in [2.75, 3.05) is 6.54 Å². The summed E-state index contributed by atoms with van der Waals surface area (Å²) in [6.07, 6.45) is 4.58. The van der Waals surface area contributed by atoms with Gasteiger partial charge in [0.05, 0.1) is 10.9 Å². The van der Waals surface area contributed by atoms with Crippen LogP contribution in [0.4, 0.5) is 0 Å². The Balaban J connectivity index is 1.99. The highest BCUT2D eigenvalue weighted by molar-refractivity contribution is 7.89. The lowest BCUT2D eigenvalue weighted by Gasteiger charge is -2.34. The van der Waals surface area contributed by atoms with Crippen molar-refractivity contribution >= 4 is 22.2 Å². The highest BCUT2D eigenvalue weighted by Gasteiger charge is 2.34. The van der Waals surface area contributed by atoms with Crippen molar-refractivity contribution in [1.82, 2.24) is 9.29 Å². The van der Waals surface area contributed by atoms with Gasteiger partial charge < -0.3 is 4.98 Å². The van der Waals surface area contributed by atoms with Crippen LogP contribution in [0, 0.1) is 11.6 Å². The molecule has 1 unspecified atom stereocenters. The molecule has 23 heavy (non-hydrogen) atoms. The molecule has 0 bridgehead atoms. The summed E-state index contributed by atoms with van der Waals surface area (Å²) in [7, 11) is -3.49. The summed E-state index contributed by atoms with van der Waals surface area (Å²) < 4.78 is 28.4. The average Bonchev–Trinajstić information content (AvgIpc) is 2.56. The van der Waals surface area contributed by atoms with E-state index in [1.807, 2.05) is 37.4 Å². The molecule has 0 saturated carbocycles. The molecule has 1 fully saturated rings. The first-order valence-electron chi connectivity index (χ1n) is 7.75. The summed E-state index contributed by atoms with van der Waals surface area (Å²) in [5, 5.41) is 0. The molecule has 122 valence electrons. The van der Waals surface area contributed by atoms with Crippen molar-refractivity contribution < 1.29 is 8.42 Å². The van der Waals surface area contributed by atoms with Gasteiger partial charge in [0.15, 0.2) is 0 Å². The lowest BCUT2D eigenvalue weighted by atomic mass is 9.99. The Bertz CT molecular complexity index is 821. The van der Waals surface area contributed by atoms with Crippen molar-refractivity contribution in [2.45, 2.75) is 37.1 Å². The molecule has 0 amide bonds. The summed E-state index contributed by atoms with van der Waals surface area (Å²) in [5.41, 5.74) is 2.02. The Morgan fingerprint density at radius 2 is 1.87 bits per heavy atom. The molecule has 1 aromatic heterocycles. The number of hydrogen-bond acceptors (Lipinski definition) is 3. The number of rotatable bonds is 3. The summed E-state index contributed by atoms with van der Waals surface area (Å²) in [6.45, 7) is 2.50. The van der Waals surface area contributed by atoms with E-state index in [-0.39, 0.29) is 6.04 Å². The lowest BCUT2D eigenvalue weighted by molar-refractivity contribution is 0.255. The van der Waals surface area contributed by atoms with Crippen LogP contribution in [-0.4, -0.2) is 24.3 Å². The standard InChI is InChI=1S/C17H20N2O2S2/c1-13-5-8-15(9-6-13)23(20,21)19-11-3-2-4-16(19)14-7-10-17(22)18-12-14/h5-10,12,16H,2-4,11H2,1H3,(H,18,22). The molecule has 0 radical (unpaired) electrons. The SMILES string of the molecule is Cc1ccc(S(=O)(=O)N2CCCCC2c2ccc(=S)[nH]c2)cc1. The van der Waals surface area contributed by atoms with Crippen molar-refractivity contribution in [2.24, 2.45) is 0 Å². The number of aromatic nitrogens is 1. The van der Waals surface area contributed by atoms with Crippen LogP contribution in [0.1, 0.15) is 36.4 Å². The minimum absolute atomic E-state index is 0.137. The van der Waals surface area contributed by atoms with Gasteiger partial charge in [-0.3, -0.25) is 0 Å². The summed E-state index contributed by atoms with van der Waals surface area (Å²) in [6, 6.07) is 10.7. The van der Waals surface area contributed by atoms with Crippen molar-refractivity contribution in [1.29, 1.82) is 0 Å². The van der Waals surface area contributed by atoms with Gasteiger partial charge in [-0.15, -0.1) is 0 Å². The van der Waals surface area contributed by atoms with Crippen LogP contribution in [0.2, 0.25) is 0 Å². The minimum atomic E-state index is -3.49. The molecule has 1 aromatic carbocycles. The van der Waals surface area contributed by atoms with E-state index in [4.69, 9.17) is 12.2 Å². The van der Waals surface area contributed by atoms with Crippen molar-refractivity contribution in [3.05, 3.63) is 58.4 Å².